The molecule has 9 heteroatoms. The highest BCUT2D eigenvalue weighted by atomic mass is 32.2. The molecule has 0 aliphatic carbocycles. The van der Waals surface area contributed by atoms with Crippen LogP contribution in [0.1, 0.15) is 10.4 Å². The number of carbonyl (C=O) groups excluding carboxylic acids is 1. The van der Waals surface area contributed by atoms with Crippen molar-refractivity contribution >= 4 is 46.6 Å². The van der Waals surface area contributed by atoms with Crippen molar-refractivity contribution in [2.45, 2.75) is 10.5 Å². The Morgan fingerprint density at radius 1 is 1.18 bits per heavy atom. The van der Waals surface area contributed by atoms with E-state index in [0.29, 0.717) is 17.1 Å². The van der Waals surface area contributed by atoms with Crippen LogP contribution in [0.2, 0.25) is 0 Å². The van der Waals surface area contributed by atoms with E-state index in [0.717, 1.165) is 46.4 Å². The summed E-state index contributed by atoms with van der Waals surface area (Å²) in [7, 11) is 1.60. The molecule has 33 heavy (non-hydrogen) atoms. The zero-order valence-corrected chi connectivity index (χ0v) is 19.7. The first-order chi connectivity index (χ1) is 16.1. The van der Waals surface area contributed by atoms with Gasteiger partial charge in [0.25, 0.3) is 5.91 Å². The zero-order valence-electron chi connectivity index (χ0n) is 18.1. The van der Waals surface area contributed by atoms with Crippen LogP contribution >= 0.6 is 23.5 Å². The Bertz CT molecular complexity index is 1190. The van der Waals surface area contributed by atoms with Crippen molar-refractivity contribution in [1.82, 2.24) is 4.98 Å². The Balaban J connectivity index is 1.68. The summed E-state index contributed by atoms with van der Waals surface area (Å²) < 4.78 is 5.68. The van der Waals surface area contributed by atoms with Gasteiger partial charge < -0.3 is 25.4 Å². The Hall–Kier alpha value is -2.88. The Morgan fingerprint density at radius 3 is 2.64 bits per heavy atom. The van der Waals surface area contributed by atoms with E-state index in [2.05, 4.69) is 9.88 Å². The Kier molecular flexibility index (Phi) is 6.09. The lowest BCUT2D eigenvalue weighted by Crippen LogP contribution is -2.34. The summed E-state index contributed by atoms with van der Waals surface area (Å²) in [4.78, 5) is 21.7. The number of pyridine rings is 1. The van der Waals surface area contributed by atoms with Gasteiger partial charge in [0.15, 0.2) is 5.56 Å². The number of benzene rings is 2. The molecule has 0 radical (unpaired) electrons. The first kappa shape index (κ1) is 21.9. The number of primary amides is 1. The van der Waals surface area contributed by atoms with Crippen molar-refractivity contribution < 1.29 is 14.6 Å². The minimum atomic E-state index is -0.955. The molecule has 1 amide bonds. The zero-order chi connectivity index (χ0) is 22.9. The molecule has 2 aliphatic heterocycles. The SMILES string of the molecule is COc1ccc(-c2ccccc2)c2c1N(c1cc(N3CCSCC3)ncc1C(N)=O)C(O)S2. The van der Waals surface area contributed by atoms with Crippen molar-refractivity contribution in [1.29, 1.82) is 0 Å². The van der Waals surface area contributed by atoms with Crippen LogP contribution in [0.4, 0.5) is 17.2 Å². The highest BCUT2D eigenvalue weighted by Gasteiger charge is 2.37. The van der Waals surface area contributed by atoms with Crippen molar-refractivity contribution in [3.8, 4) is 16.9 Å². The van der Waals surface area contributed by atoms with Crippen molar-refractivity contribution in [3.63, 3.8) is 0 Å². The van der Waals surface area contributed by atoms with E-state index in [9.17, 15) is 9.90 Å². The molecule has 2 aromatic carbocycles. The summed E-state index contributed by atoms with van der Waals surface area (Å²) in [5.74, 6) is 2.82. The average molecular weight is 481 g/mol. The van der Waals surface area contributed by atoms with E-state index in [4.69, 9.17) is 10.5 Å². The first-order valence-electron chi connectivity index (χ1n) is 10.6. The lowest BCUT2D eigenvalue weighted by atomic mass is 10.0. The molecule has 170 valence electrons. The normalized spacial score (nSPS) is 17.7. The van der Waals surface area contributed by atoms with Gasteiger partial charge >= 0.3 is 0 Å². The number of nitrogens with two attached hydrogens (primary N) is 1. The van der Waals surface area contributed by atoms with Crippen LogP contribution in [0.5, 0.6) is 5.75 Å². The Labute approximate surface area is 200 Å². The number of nitrogens with zero attached hydrogens (tertiary/aromatic N) is 3. The van der Waals surface area contributed by atoms with Gasteiger partial charge in [-0.15, -0.1) is 0 Å². The third-order valence-electron chi connectivity index (χ3n) is 5.81. The van der Waals surface area contributed by atoms with Crippen molar-refractivity contribution in [2.75, 3.05) is 41.5 Å². The molecule has 1 unspecified atom stereocenters. The largest absolute Gasteiger partial charge is 0.495 e. The summed E-state index contributed by atoms with van der Waals surface area (Å²) in [5.41, 5.74) is 8.28. The molecule has 7 nitrogen and oxygen atoms in total. The van der Waals surface area contributed by atoms with Crippen LogP contribution in [0, 0.1) is 0 Å². The smallest absolute Gasteiger partial charge is 0.252 e. The second kappa shape index (κ2) is 9.17. The molecule has 0 saturated carbocycles. The third kappa shape index (κ3) is 4.01. The molecule has 1 aromatic heterocycles. The van der Waals surface area contributed by atoms with Gasteiger partial charge in [-0.25, -0.2) is 4.98 Å². The lowest BCUT2D eigenvalue weighted by molar-refractivity contribution is 0.100. The van der Waals surface area contributed by atoms with Gasteiger partial charge in [-0.1, -0.05) is 42.1 Å². The van der Waals surface area contributed by atoms with E-state index in [1.807, 2.05) is 60.3 Å². The molecule has 1 saturated heterocycles. The number of rotatable bonds is 5. The van der Waals surface area contributed by atoms with E-state index >= 15 is 0 Å². The fourth-order valence-electron chi connectivity index (χ4n) is 4.21. The average Bonchev–Trinajstić information content (AvgIpc) is 3.20. The second-order valence-electron chi connectivity index (χ2n) is 7.70. The second-order valence-corrected chi connectivity index (χ2v) is 9.99. The summed E-state index contributed by atoms with van der Waals surface area (Å²) in [6, 6.07) is 15.7. The summed E-state index contributed by atoms with van der Waals surface area (Å²) in [5, 5.41) is 11.2. The van der Waals surface area contributed by atoms with Gasteiger partial charge in [-0.05, 0) is 23.3 Å². The maximum Gasteiger partial charge on any atom is 0.252 e. The van der Waals surface area contributed by atoms with E-state index < -0.39 is 11.5 Å². The van der Waals surface area contributed by atoms with Crippen LogP contribution in [0.3, 0.4) is 0 Å². The standard InChI is InChI=1S/C24H24N4O3S2/c1-31-19-8-7-16(15-5-3-2-4-6-15)22-21(19)28(24(30)33-22)18-13-20(26-14-17(18)23(25)29)27-9-11-32-12-10-27/h2-8,13-14,24,30H,9-12H2,1H3,(H2,25,29). The maximum atomic E-state index is 12.3. The fraction of sp³-hybridized carbons (Fsp3) is 0.250. The van der Waals surface area contributed by atoms with Crippen LogP contribution < -0.4 is 20.3 Å². The minimum absolute atomic E-state index is 0.254. The van der Waals surface area contributed by atoms with Gasteiger partial charge in [0, 0.05) is 41.8 Å². The van der Waals surface area contributed by atoms with Crippen molar-refractivity contribution in [3.05, 3.63) is 60.3 Å². The number of thioether (sulfide) groups is 2. The number of hydrogen-bond donors (Lipinski definition) is 2. The number of methoxy groups -OCH3 is 1. The van der Waals surface area contributed by atoms with Gasteiger partial charge in [-0.3, -0.25) is 4.79 Å². The predicted octanol–water partition coefficient (Wildman–Crippen LogP) is 3.93. The first-order valence-corrected chi connectivity index (χ1v) is 12.6. The number of aliphatic hydroxyl groups excluding tert-OH is 1. The molecule has 3 aromatic rings. The third-order valence-corrected chi connectivity index (χ3v) is 7.83. The molecule has 1 atom stereocenters. The molecule has 1 fully saturated rings. The highest BCUT2D eigenvalue weighted by molar-refractivity contribution is 8.00. The number of fused-ring (bicyclic) bond motifs is 1. The van der Waals surface area contributed by atoms with Crippen LogP contribution in [0.25, 0.3) is 11.1 Å². The number of hydrogen-bond acceptors (Lipinski definition) is 8. The molecule has 5 rings (SSSR count). The van der Waals surface area contributed by atoms with Gasteiger partial charge in [-0.2, -0.15) is 11.8 Å². The van der Waals surface area contributed by atoms with Gasteiger partial charge in [0.05, 0.1) is 18.4 Å². The molecular formula is C24H24N4O3S2. The number of carbonyl (C=O) groups is 1. The summed E-state index contributed by atoms with van der Waals surface area (Å²) in [6.45, 7) is 1.75. The van der Waals surface area contributed by atoms with Crippen molar-refractivity contribution in [2.24, 2.45) is 5.73 Å². The molecular weight excluding hydrogens is 456 g/mol. The molecule has 3 heterocycles. The number of aromatic nitrogens is 1. The van der Waals surface area contributed by atoms with E-state index in [-0.39, 0.29) is 5.56 Å². The predicted molar refractivity (Wildman–Crippen MR) is 135 cm³/mol. The summed E-state index contributed by atoms with van der Waals surface area (Å²) >= 11 is 3.23. The highest BCUT2D eigenvalue weighted by Crippen LogP contribution is 2.55. The fourth-order valence-corrected chi connectivity index (χ4v) is 6.27. The van der Waals surface area contributed by atoms with E-state index in [1.165, 1.54) is 18.0 Å². The minimum Gasteiger partial charge on any atom is -0.495 e. The van der Waals surface area contributed by atoms with Crippen LogP contribution in [-0.4, -0.2) is 53.3 Å². The summed E-state index contributed by atoms with van der Waals surface area (Å²) in [6.07, 6.45) is 1.51. The van der Waals surface area contributed by atoms with Crippen LogP contribution in [-0.2, 0) is 0 Å². The topological polar surface area (TPSA) is 91.9 Å². The molecule has 3 N–H and O–H groups in total. The lowest BCUT2D eigenvalue weighted by Gasteiger charge is -2.30. The number of ether oxygens (including phenoxy) is 1. The molecule has 0 spiro atoms. The number of anilines is 3. The Morgan fingerprint density at radius 2 is 1.94 bits per heavy atom. The maximum absolute atomic E-state index is 12.3. The molecule has 0 bridgehead atoms. The van der Waals surface area contributed by atoms with Crippen LogP contribution in [0.15, 0.2) is 59.6 Å². The molecule has 2 aliphatic rings. The number of aliphatic hydroxyl groups is 1. The van der Waals surface area contributed by atoms with Gasteiger partial charge in [0.1, 0.15) is 17.3 Å². The quantitative estimate of drug-likeness (QED) is 0.568. The van der Waals surface area contributed by atoms with E-state index in [1.54, 1.807) is 12.0 Å². The monoisotopic (exact) mass is 480 g/mol. The van der Waals surface area contributed by atoms with Gasteiger partial charge in [0.2, 0.25) is 0 Å². The number of amides is 1.